The molecule has 3 N–H and O–H groups in total. The number of alkyl halides is 3. The van der Waals surface area contributed by atoms with Gasteiger partial charge < -0.3 is 15.3 Å². The number of aromatic nitrogens is 8. The molecule has 0 saturated carbocycles. The van der Waals surface area contributed by atoms with Crippen LogP contribution in [0, 0.1) is 19.7 Å². The minimum atomic E-state index is -5.01. The second kappa shape index (κ2) is 13.0. The van der Waals surface area contributed by atoms with Crippen LogP contribution in [0.5, 0.6) is 0 Å². The molecule has 0 aliphatic carbocycles. The molecule has 4 heterocycles. The smallest absolute Gasteiger partial charge is 0.323 e. The van der Waals surface area contributed by atoms with Crippen LogP contribution in [-0.2, 0) is 18.7 Å². The van der Waals surface area contributed by atoms with Crippen LogP contribution in [0.25, 0.3) is 12.0 Å². The number of nitrogens with zero attached hydrogens (tertiary/aromatic N) is 9. The second-order valence-electron chi connectivity index (χ2n) is 9.89. The average Bonchev–Trinajstić information content (AvgIpc) is 3.60. The van der Waals surface area contributed by atoms with E-state index in [0.717, 1.165) is 29.2 Å². The Morgan fingerprint density at radius 1 is 1.20 bits per heavy atom. The van der Waals surface area contributed by atoms with Gasteiger partial charge in [-0.2, -0.15) is 28.1 Å². The molecule has 0 aliphatic heterocycles. The highest BCUT2D eigenvalue weighted by atomic mass is 35.5. The van der Waals surface area contributed by atoms with Crippen molar-refractivity contribution >= 4 is 23.5 Å². The summed E-state index contributed by atoms with van der Waals surface area (Å²) in [6.07, 6.45) is -2.93. The van der Waals surface area contributed by atoms with Crippen molar-refractivity contribution in [2.45, 2.75) is 52.3 Å². The Morgan fingerprint density at radius 2 is 1.89 bits per heavy atom. The van der Waals surface area contributed by atoms with Crippen molar-refractivity contribution in [3.05, 3.63) is 98.0 Å². The number of aryl methyl sites for hydroxylation is 2. The number of halogens is 6. The number of allylic oxidation sites excluding steroid dienone is 2. The summed E-state index contributed by atoms with van der Waals surface area (Å²) < 4.78 is 73.3. The van der Waals surface area contributed by atoms with Crippen molar-refractivity contribution in [2.24, 2.45) is 4.99 Å². The van der Waals surface area contributed by atoms with Gasteiger partial charge in [0, 0.05) is 23.7 Å². The highest BCUT2D eigenvalue weighted by Crippen LogP contribution is 2.31. The molecule has 4 aromatic heterocycles. The van der Waals surface area contributed by atoms with Crippen LogP contribution in [0.2, 0.25) is 5.02 Å². The van der Waals surface area contributed by atoms with Crippen LogP contribution in [-0.4, -0.2) is 60.3 Å². The zero-order valence-electron chi connectivity index (χ0n) is 24.4. The van der Waals surface area contributed by atoms with Crippen molar-refractivity contribution in [2.75, 3.05) is 0 Å². The molecule has 13 nitrogen and oxygen atoms in total. The van der Waals surface area contributed by atoms with Crippen LogP contribution in [0.1, 0.15) is 53.9 Å². The van der Waals surface area contributed by atoms with E-state index in [9.17, 15) is 33.3 Å². The lowest BCUT2D eigenvalue weighted by Crippen LogP contribution is -2.34. The summed E-state index contributed by atoms with van der Waals surface area (Å²) >= 11 is 6.38. The van der Waals surface area contributed by atoms with Gasteiger partial charge in [-0.05, 0) is 50.8 Å². The molecule has 0 fully saturated rings. The highest BCUT2D eigenvalue weighted by Gasteiger charge is 2.39. The van der Waals surface area contributed by atoms with E-state index in [1.54, 1.807) is 6.92 Å². The summed E-state index contributed by atoms with van der Waals surface area (Å²) in [5, 5.41) is 38.2. The van der Waals surface area contributed by atoms with Gasteiger partial charge in [0.1, 0.15) is 16.6 Å². The third kappa shape index (κ3) is 7.09. The van der Waals surface area contributed by atoms with Crippen molar-refractivity contribution in [3.8, 4) is 5.82 Å². The fourth-order valence-corrected chi connectivity index (χ4v) is 4.65. The minimum absolute atomic E-state index is 0.0913. The van der Waals surface area contributed by atoms with Gasteiger partial charge in [-0.15, -0.1) is 5.10 Å². The second-order valence-corrected chi connectivity index (χ2v) is 10.3. The maximum atomic E-state index is 15.9. The summed E-state index contributed by atoms with van der Waals surface area (Å²) in [7, 11) is 0. The number of hydrogen-bond acceptors (Lipinski definition) is 10. The summed E-state index contributed by atoms with van der Waals surface area (Å²) in [5.41, 5.74) is -1.42. The van der Waals surface area contributed by atoms with E-state index in [4.69, 9.17) is 11.6 Å². The molecule has 0 spiro atoms. The van der Waals surface area contributed by atoms with E-state index in [2.05, 4.69) is 30.3 Å². The van der Waals surface area contributed by atoms with Crippen LogP contribution < -0.4 is 5.56 Å². The molecule has 0 saturated heterocycles. The van der Waals surface area contributed by atoms with Crippen LogP contribution in [0.4, 0.5) is 22.0 Å². The Balaban J connectivity index is 1.75. The largest absolute Gasteiger partial charge is 0.451 e. The van der Waals surface area contributed by atoms with Crippen molar-refractivity contribution < 1.29 is 37.3 Å². The zero-order valence-corrected chi connectivity index (χ0v) is 25.1. The first-order valence-corrected chi connectivity index (χ1v) is 13.5. The first-order chi connectivity index (χ1) is 21.4. The molecular weight excluding hydrogens is 645 g/mol. The molecule has 0 bridgehead atoms. The van der Waals surface area contributed by atoms with Gasteiger partial charge in [0.25, 0.3) is 5.56 Å². The van der Waals surface area contributed by atoms with Crippen molar-refractivity contribution in [1.82, 2.24) is 39.3 Å². The van der Waals surface area contributed by atoms with Gasteiger partial charge in [-0.25, -0.2) is 18.7 Å². The molecule has 0 aromatic carbocycles. The number of aliphatic imine (C=N–C) groups is 1. The maximum absolute atomic E-state index is 15.9. The summed E-state index contributed by atoms with van der Waals surface area (Å²) in [5.74, 6) is -5.92. The van der Waals surface area contributed by atoms with E-state index in [-0.39, 0.29) is 38.1 Å². The van der Waals surface area contributed by atoms with Gasteiger partial charge in [-0.1, -0.05) is 29.4 Å². The summed E-state index contributed by atoms with van der Waals surface area (Å²) in [6, 6.07) is 2.47. The topological polar surface area (TPSA) is 169 Å². The van der Waals surface area contributed by atoms with Gasteiger partial charge in [0.2, 0.25) is 5.82 Å². The van der Waals surface area contributed by atoms with Crippen LogP contribution in [0.3, 0.4) is 0 Å². The zero-order chi connectivity index (χ0) is 34.1. The lowest BCUT2D eigenvalue weighted by atomic mass is 9.96. The lowest BCUT2D eigenvalue weighted by molar-refractivity contribution is -0.387. The first-order valence-electron chi connectivity index (χ1n) is 13.2. The predicted molar refractivity (Wildman–Crippen MR) is 153 cm³/mol. The average molecular weight is 670 g/mol. The van der Waals surface area contributed by atoms with E-state index < -0.39 is 58.3 Å². The molecule has 0 aliphatic rings. The minimum Gasteiger partial charge on any atom is -0.323 e. The lowest BCUT2D eigenvalue weighted by Gasteiger charge is -2.16. The number of hydrogen-bond donors (Lipinski definition) is 3. The Hall–Kier alpha value is -4.65. The third-order valence-electron chi connectivity index (χ3n) is 6.37. The normalized spacial score (nSPS) is 14.0. The Bertz CT molecular complexity index is 1920. The molecule has 0 amide bonds. The molecular formula is C27H25ClF5N9O4. The third-order valence-corrected chi connectivity index (χ3v) is 6.75. The van der Waals surface area contributed by atoms with E-state index >= 15 is 8.78 Å². The van der Waals surface area contributed by atoms with E-state index in [1.165, 1.54) is 32.9 Å². The maximum Gasteiger partial charge on any atom is 0.451 e. The van der Waals surface area contributed by atoms with Gasteiger partial charge in [-0.3, -0.25) is 14.4 Å². The number of aliphatic hydroxyl groups is 3. The number of pyridine rings is 2. The predicted octanol–water partition coefficient (Wildman–Crippen LogP) is 3.53. The van der Waals surface area contributed by atoms with E-state index in [1.807, 2.05) is 0 Å². The molecule has 4 rings (SSSR count). The fraction of sp³-hybridized carbons (Fsp3) is 0.296. The Morgan fingerprint density at radius 3 is 2.50 bits per heavy atom. The molecule has 0 radical (unpaired) electrons. The standard InChI is InChI=1S/C27H25ClF5N9O4/c1-5-7-34-22(17-6-8-35-23(21(17)30)41-25(26(31,32)33)37-15(4)38-41)19(29)12-40-14(3)10-18(20(28)24(40)43)13(2)9-16-11-36-42(39-16)27(44,45)46/h5-8,10-13,44-46H,9H2,1-4H3/b7-5+,19-12-,34-22+. The monoisotopic (exact) mass is 669 g/mol. The van der Waals surface area contributed by atoms with Gasteiger partial charge in [0.15, 0.2) is 17.5 Å². The number of rotatable bonds is 9. The van der Waals surface area contributed by atoms with Crippen LogP contribution >= 0.6 is 11.6 Å². The summed E-state index contributed by atoms with van der Waals surface area (Å²) in [6.45, 7) is 5.85. The molecule has 244 valence electrons. The first kappa shape index (κ1) is 34.2. The van der Waals surface area contributed by atoms with Crippen molar-refractivity contribution in [3.63, 3.8) is 0 Å². The fourth-order valence-electron chi connectivity index (χ4n) is 4.32. The Kier molecular flexibility index (Phi) is 9.67. The van der Waals surface area contributed by atoms with Gasteiger partial charge in [0.05, 0.1) is 18.1 Å². The quantitative estimate of drug-likeness (QED) is 0.137. The molecule has 1 atom stereocenters. The van der Waals surface area contributed by atoms with E-state index in [0.29, 0.717) is 11.8 Å². The molecule has 19 heteroatoms. The molecule has 4 aromatic rings. The SMILES string of the molecule is C/C=C/N=C(/C(F)=C/n1c(C)cc(C(C)Cc2cnn(C(O)(O)O)n2)c(Cl)c1=O)c1ccnc(-n2nc(C)nc2C(F)(F)F)c1F. The molecule has 46 heavy (non-hydrogen) atoms. The Labute approximate surface area is 261 Å². The molecule has 1 unspecified atom stereocenters. The highest BCUT2D eigenvalue weighted by molar-refractivity contribution is 6.31. The summed E-state index contributed by atoms with van der Waals surface area (Å²) in [4.78, 5) is 24.4. The van der Waals surface area contributed by atoms with Crippen molar-refractivity contribution in [1.29, 1.82) is 0 Å². The van der Waals surface area contributed by atoms with Gasteiger partial charge >= 0.3 is 12.3 Å². The van der Waals surface area contributed by atoms with Crippen LogP contribution in [0.15, 0.2) is 52.4 Å².